The molecule has 0 atom stereocenters. The summed E-state index contributed by atoms with van der Waals surface area (Å²) in [6.45, 7) is 2.91. The summed E-state index contributed by atoms with van der Waals surface area (Å²) in [4.78, 5) is 30.7. The van der Waals surface area contributed by atoms with Gasteiger partial charge in [0.1, 0.15) is 0 Å². The van der Waals surface area contributed by atoms with Crippen molar-refractivity contribution >= 4 is 22.8 Å². The third kappa shape index (κ3) is 2.16. The van der Waals surface area contributed by atoms with E-state index < -0.39 is 0 Å². The summed E-state index contributed by atoms with van der Waals surface area (Å²) >= 11 is 0. The van der Waals surface area contributed by atoms with Crippen LogP contribution >= 0.6 is 0 Å². The number of imide groups is 1. The number of para-hydroxylation sites is 1. The molecule has 0 unspecified atom stereocenters. The molecule has 0 spiro atoms. The first kappa shape index (κ1) is 13.3. The lowest BCUT2D eigenvalue weighted by Gasteiger charge is -2.27. The van der Waals surface area contributed by atoms with Crippen LogP contribution in [0.3, 0.4) is 0 Å². The number of H-pyrrole nitrogens is 1. The van der Waals surface area contributed by atoms with Crippen LogP contribution in [-0.4, -0.2) is 52.9 Å². The lowest BCUT2D eigenvalue weighted by Crippen LogP contribution is -2.43. The number of fused-ring (bicyclic) bond motifs is 3. The lowest BCUT2D eigenvalue weighted by atomic mass is 10.0. The van der Waals surface area contributed by atoms with E-state index >= 15 is 0 Å². The summed E-state index contributed by atoms with van der Waals surface area (Å²) in [5.74, 6) is -0.113. The Labute approximate surface area is 128 Å². The monoisotopic (exact) mass is 298 g/mol. The molecule has 2 aliphatic rings. The molecule has 6 heteroatoms. The minimum Gasteiger partial charge on any atom is -0.358 e. The standard InChI is InChI=1S/C16H18N4O2/c21-15(20-8-6-17-16(20)22)10-19-7-5-14-12(9-19)11-3-1-2-4-13(11)18-14/h1-4,18H,5-10H2,(H,17,22). The van der Waals surface area contributed by atoms with Crippen LogP contribution in [0.4, 0.5) is 4.79 Å². The highest BCUT2D eigenvalue weighted by Gasteiger charge is 2.29. The fourth-order valence-electron chi connectivity index (χ4n) is 3.34. The third-order valence-electron chi connectivity index (χ3n) is 4.48. The van der Waals surface area contributed by atoms with E-state index in [2.05, 4.69) is 27.3 Å². The van der Waals surface area contributed by atoms with E-state index in [4.69, 9.17) is 0 Å². The summed E-state index contributed by atoms with van der Waals surface area (Å²) in [7, 11) is 0. The first-order valence-corrected chi connectivity index (χ1v) is 7.61. The maximum atomic E-state index is 12.3. The number of hydrogen-bond donors (Lipinski definition) is 2. The first-order chi connectivity index (χ1) is 10.7. The third-order valence-corrected chi connectivity index (χ3v) is 4.48. The summed E-state index contributed by atoms with van der Waals surface area (Å²) in [5, 5.41) is 3.90. The number of rotatable bonds is 2. The minimum atomic E-state index is -0.269. The molecule has 22 heavy (non-hydrogen) atoms. The predicted molar refractivity (Wildman–Crippen MR) is 82.4 cm³/mol. The molecule has 4 rings (SSSR count). The summed E-state index contributed by atoms with van der Waals surface area (Å²) < 4.78 is 0. The van der Waals surface area contributed by atoms with Crippen molar-refractivity contribution in [1.29, 1.82) is 0 Å². The molecule has 2 N–H and O–H groups in total. The second kappa shape index (κ2) is 5.14. The van der Waals surface area contributed by atoms with E-state index in [0.717, 1.165) is 25.0 Å². The fourth-order valence-corrected chi connectivity index (χ4v) is 3.34. The number of amides is 3. The van der Waals surface area contributed by atoms with E-state index in [1.807, 2.05) is 12.1 Å². The molecule has 3 amide bonds. The number of carbonyl (C=O) groups excluding carboxylic acids is 2. The number of aromatic amines is 1. The first-order valence-electron chi connectivity index (χ1n) is 7.61. The number of nitrogens with zero attached hydrogens (tertiary/aromatic N) is 2. The number of carbonyl (C=O) groups is 2. The maximum Gasteiger partial charge on any atom is 0.324 e. The topological polar surface area (TPSA) is 68.4 Å². The highest BCUT2D eigenvalue weighted by Crippen LogP contribution is 2.27. The van der Waals surface area contributed by atoms with Gasteiger partial charge in [0, 0.05) is 49.2 Å². The number of urea groups is 1. The van der Waals surface area contributed by atoms with Crippen LogP contribution in [0.2, 0.25) is 0 Å². The zero-order valence-electron chi connectivity index (χ0n) is 12.3. The van der Waals surface area contributed by atoms with Gasteiger partial charge in [0.15, 0.2) is 0 Å². The molecule has 2 aliphatic heterocycles. The van der Waals surface area contributed by atoms with Gasteiger partial charge in [-0.05, 0) is 11.6 Å². The smallest absolute Gasteiger partial charge is 0.324 e. The zero-order chi connectivity index (χ0) is 15.1. The summed E-state index contributed by atoms with van der Waals surface area (Å²) in [6.07, 6.45) is 0.906. The molecule has 1 aromatic heterocycles. The lowest BCUT2D eigenvalue weighted by molar-refractivity contribution is -0.129. The van der Waals surface area contributed by atoms with Gasteiger partial charge in [-0.1, -0.05) is 18.2 Å². The molecular formula is C16H18N4O2. The molecule has 6 nitrogen and oxygen atoms in total. The van der Waals surface area contributed by atoms with Crippen molar-refractivity contribution in [3.63, 3.8) is 0 Å². The Kier molecular flexibility index (Phi) is 3.11. The van der Waals surface area contributed by atoms with Crippen LogP contribution in [0.1, 0.15) is 11.3 Å². The van der Waals surface area contributed by atoms with Crippen molar-refractivity contribution in [3.05, 3.63) is 35.5 Å². The van der Waals surface area contributed by atoms with Crippen LogP contribution in [0.5, 0.6) is 0 Å². The van der Waals surface area contributed by atoms with Gasteiger partial charge >= 0.3 is 6.03 Å². The van der Waals surface area contributed by atoms with Crippen molar-refractivity contribution in [2.75, 3.05) is 26.2 Å². The number of hydrogen-bond acceptors (Lipinski definition) is 3. The van der Waals surface area contributed by atoms with E-state index in [-0.39, 0.29) is 11.9 Å². The molecule has 114 valence electrons. The van der Waals surface area contributed by atoms with Crippen LogP contribution < -0.4 is 5.32 Å². The Morgan fingerprint density at radius 1 is 1.23 bits per heavy atom. The molecule has 1 saturated heterocycles. The molecule has 0 radical (unpaired) electrons. The second-order valence-electron chi connectivity index (χ2n) is 5.87. The maximum absolute atomic E-state index is 12.3. The fraction of sp³-hybridized carbons (Fsp3) is 0.375. The van der Waals surface area contributed by atoms with Crippen LogP contribution in [-0.2, 0) is 17.8 Å². The number of benzene rings is 1. The molecule has 3 heterocycles. The highest BCUT2D eigenvalue weighted by atomic mass is 16.2. The quantitative estimate of drug-likeness (QED) is 0.871. The van der Waals surface area contributed by atoms with Gasteiger partial charge in [-0.25, -0.2) is 4.79 Å². The van der Waals surface area contributed by atoms with Gasteiger partial charge in [-0.2, -0.15) is 0 Å². The van der Waals surface area contributed by atoms with Gasteiger partial charge < -0.3 is 10.3 Å². The molecule has 2 aromatic rings. The normalized spacial score (nSPS) is 18.5. The molecule has 0 saturated carbocycles. The largest absolute Gasteiger partial charge is 0.358 e. The van der Waals surface area contributed by atoms with E-state index in [0.29, 0.717) is 19.6 Å². The van der Waals surface area contributed by atoms with E-state index in [1.54, 1.807) is 0 Å². The van der Waals surface area contributed by atoms with Gasteiger partial charge in [-0.15, -0.1) is 0 Å². The van der Waals surface area contributed by atoms with Crippen molar-refractivity contribution in [2.45, 2.75) is 13.0 Å². The van der Waals surface area contributed by atoms with Crippen molar-refractivity contribution < 1.29 is 9.59 Å². The molecule has 0 aliphatic carbocycles. The summed E-state index contributed by atoms with van der Waals surface area (Å²) in [6, 6.07) is 7.99. The van der Waals surface area contributed by atoms with Gasteiger partial charge in [0.05, 0.1) is 6.54 Å². The Morgan fingerprint density at radius 3 is 2.91 bits per heavy atom. The SMILES string of the molecule is O=C(CN1CCc2[nH]c3ccccc3c2C1)N1CCNC1=O. The van der Waals surface area contributed by atoms with Gasteiger partial charge in [0.25, 0.3) is 0 Å². The van der Waals surface area contributed by atoms with Gasteiger partial charge in [-0.3, -0.25) is 14.6 Å². The van der Waals surface area contributed by atoms with Crippen LogP contribution in [0, 0.1) is 0 Å². The summed E-state index contributed by atoms with van der Waals surface area (Å²) in [5.41, 5.74) is 3.70. The average molecular weight is 298 g/mol. The highest BCUT2D eigenvalue weighted by molar-refractivity contribution is 5.96. The van der Waals surface area contributed by atoms with Gasteiger partial charge in [0.2, 0.25) is 5.91 Å². The average Bonchev–Trinajstić information content (AvgIpc) is 3.10. The predicted octanol–water partition coefficient (Wildman–Crippen LogP) is 1.08. The van der Waals surface area contributed by atoms with E-state index in [9.17, 15) is 9.59 Å². The number of aromatic nitrogens is 1. The minimum absolute atomic E-state index is 0.113. The van der Waals surface area contributed by atoms with Crippen LogP contribution in [0.15, 0.2) is 24.3 Å². The Morgan fingerprint density at radius 2 is 2.09 bits per heavy atom. The molecular weight excluding hydrogens is 280 g/mol. The molecule has 0 bridgehead atoms. The van der Waals surface area contributed by atoms with Crippen LogP contribution in [0.25, 0.3) is 10.9 Å². The Balaban J connectivity index is 1.52. The van der Waals surface area contributed by atoms with Crippen molar-refractivity contribution in [2.24, 2.45) is 0 Å². The zero-order valence-corrected chi connectivity index (χ0v) is 12.3. The number of nitrogens with one attached hydrogen (secondary N) is 2. The molecule has 1 fully saturated rings. The second-order valence-corrected chi connectivity index (χ2v) is 5.87. The molecule has 1 aromatic carbocycles. The van der Waals surface area contributed by atoms with Crippen molar-refractivity contribution in [1.82, 2.24) is 20.1 Å². The Hall–Kier alpha value is -2.34. The Bertz CT molecular complexity index is 752. The van der Waals surface area contributed by atoms with Crippen molar-refractivity contribution in [3.8, 4) is 0 Å². The van der Waals surface area contributed by atoms with E-state index in [1.165, 1.54) is 21.5 Å².